The molecule has 4 heteroatoms. The second-order valence-electron chi connectivity index (χ2n) is 5.54. The summed E-state index contributed by atoms with van der Waals surface area (Å²) in [5, 5.41) is 0. The summed E-state index contributed by atoms with van der Waals surface area (Å²) in [5.74, 6) is -0.637. The molecule has 0 saturated carbocycles. The lowest BCUT2D eigenvalue weighted by molar-refractivity contribution is -0.171. The fourth-order valence-corrected chi connectivity index (χ4v) is 1.62. The van der Waals surface area contributed by atoms with Gasteiger partial charge in [0, 0.05) is 19.8 Å². The maximum Gasteiger partial charge on any atom is 0.303 e. The van der Waals surface area contributed by atoms with Crippen LogP contribution in [0.1, 0.15) is 48.5 Å². The molecule has 0 aromatic rings. The highest BCUT2D eigenvalue weighted by molar-refractivity contribution is 5.67. The van der Waals surface area contributed by atoms with E-state index in [1.807, 2.05) is 6.92 Å². The maximum absolute atomic E-state index is 11.1. The Labute approximate surface area is 104 Å². The summed E-state index contributed by atoms with van der Waals surface area (Å²) in [7, 11) is 0. The van der Waals surface area contributed by atoms with Gasteiger partial charge in [-0.25, -0.2) is 0 Å². The molecule has 100 valence electrons. The van der Waals surface area contributed by atoms with Gasteiger partial charge in [-0.1, -0.05) is 27.7 Å². The smallest absolute Gasteiger partial charge is 0.303 e. The highest BCUT2D eigenvalue weighted by Crippen LogP contribution is 2.32. The molecule has 0 heterocycles. The Kier molecular flexibility index (Phi) is 5.66. The number of esters is 2. The molecule has 4 nitrogen and oxygen atoms in total. The van der Waals surface area contributed by atoms with E-state index in [0.29, 0.717) is 0 Å². The Morgan fingerprint density at radius 1 is 0.941 bits per heavy atom. The molecule has 0 bridgehead atoms. The van der Waals surface area contributed by atoms with Gasteiger partial charge in [0.05, 0.1) is 0 Å². The Balaban J connectivity index is 4.86. The van der Waals surface area contributed by atoms with Crippen molar-refractivity contribution in [1.29, 1.82) is 0 Å². The van der Waals surface area contributed by atoms with Crippen molar-refractivity contribution in [2.45, 2.75) is 60.7 Å². The van der Waals surface area contributed by atoms with Crippen LogP contribution in [0.25, 0.3) is 0 Å². The molecule has 0 saturated heterocycles. The lowest BCUT2D eigenvalue weighted by Crippen LogP contribution is -2.42. The topological polar surface area (TPSA) is 52.6 Å². The van der Waals surface area contributed by atoms with E-state index in [2.05, 4.69) is 20.8 Å². The van der Waals surface area contributed by atoms with Gasteiger partial charge in [0.2, 0.25) is 0 Å². The monoisotopic (exact) mass is 244 g/mol. The predicted octanol–water partition coefficient (Wildman–Crippen LogP) is 2.55. The van der Waals surface area contributed by atoms with E-state index in [1.165, 1.54) is 13.8 Å². The minimum absolute atomic E-state index is 0.0332. The van der Waals surface area contributed by atoms with Crippen LogP contribution < -0.4 is 0 Å². The highest BCUT2D eigenvalue weighted by Gasteiger charge is 2.35. The maximum atomic E-state index is 11.1. The summed E-state index contributed by atoms with van der Waals surface area (Å²) < 4.78 is 10.4. The molecule has 17 heavy (non-hydrogen) atoms. The molecule has 0 amide bonds. The molecule has 0 rings (SSSR count). The summed E-state index contributed by atoms with van der Waals surface area (Å²) >= 11 is 0. The molecule has 3 atom stereocenters. The molecule has 0 aliphatic carbocycles. The van der Waals surface area contributed by atoms with E-state index in [9.17, 15) is 9.59 Å². The number of carbonyl (C=O) groups excluding carboxylic acids is 2. The zero-order valence-electron chi connectivity index (χ0n) is 11.9. The quantitative estimate of drug-likeness (QED) is 0.713. The summed E-state index contributed by atoms with van der Waals surface area (Å²) in [6, 6.07) is 0. The molecule has 0 aliphatic rings. The molecule has 0 N–H and O–H groups in total. The van der Waals surface area contributed by atoms with E-state index in [1.54, 1.807) is 6.92 Å². The molecule has 0 aromatic carbocycles. The third-order valence-corrected chi connectivity index (χ3v) is 2.98. The van der Waals surface area contributed by atoms with Crippen molar-refractivity contribution in [3.8, 4) is 0 Å². The van der Waals surface area contributed by atoms with Crippen LogP contribution >= 0.6 is 0 Å². The van der Waals surface area contributed by atoms with Gasteiger partial charge >= 0.3 is 11.9 Å². The van der Waals surface area contributed by atoms with E-state index < -0.39 is 12.2 Å². The van der Waals surface area contributed by atoms with Crippen molar-refractivity contribution >= 4 is 11.9 Å². The lowest BCUT2D eigenvalue weighted by atomic mass is 9.77. The summed E-state index contributed by atoms with van der Waals surface area (Å²) in [5.41, 5.74) is -0.0332. The second-order valence-corrected chi connectivity index (χ2v) is 5.54. The van der Waals surface area contributed by atoms with E-state index in [-0.39, 0.29) is 23.3 Å². The minimum Gasteiger partial charge on any atom is -0.459 e. The Morgan fingerprint density at radius 2 is 1.35 bits per heavy atom. The first-order valence-electron chi connectivity index (χ1n) is 5.90. The fraction of sp³-hybridized carbons (Fsp3) is 0.846. The predicted molar refractivity (Wildman–Crippen MR) is 65.4 cm³/mol. The zero-order chi connectivity index (χ0) is 13.8. The van der Waals surface area contributed by atoms with Gasteiger partial charge in [-0.3, -0.25) is 9.59 Å². The number of ether oxygens (including phenoxy) is 2. The van der Waals surface area contributed by atoms with Crippen LogP contribution in [-0.4, -0.2) is 24.1 Å². The van der Waals surface area contributed by atoms with Gasteiger partial charge in [0.15, 0.2) is 0 Å². The van der Waals surface area contributed by atoms with Crippen LogP contribution in [0.3, 0.4) is 0 Å². The van der Waals surface area contributed by atoms with E-state index in [0.717, 1.165) is 0 Å². The molecule has 0 fully saturated rings. The Hall–Kier alpha value is -1.06. The highest BCUT2D eigenvalue weighted by atomic mass is 16.6. The van der Waals surface area contributed by atoms with Crippen LogP contribution in [-0.2, 0) is 19.1 Å². The van der Waals surface area contributed by atoms with Crippen molar-refractivity contribution in [2.24, 2.45) is 11.3 Å². The van der Waals surface area contributed by atoms with Gasteiger partial charge in [-0.2, -0.15) is 0 Å². The summed E-state index contributed by atoms with van der Waals surface area (Å²) in [6.07, 6.45) is -0.859. The van der Waals surface area contributed by atoms with Crippen molar-refractivity contribution in [2.75, 3.05) is 0 Å². The van der Waals surface area contributed by atoms with Gasteiger partial charge in [-0.05, 0) is 12.3 Å². The standard InChI is InChI=1S/C13H24O4/c1-8(13(5,6)7)12(17-11(4)15)9(2)16-10(3)14/h8-9,12H,1-7H3. The van der Waals surface area contributed by atoms with Gasteiger partial charge in [-0.15, -0.1) is 0 Å². The average molecular weight is 244 g/mol. The first-order chi connectivity index (χ1) is 7.55. The fourth-order valence-electron chi connectivity index (χ4n) is 1.62. The van der Waals surface area contributed by atoms with Gasteiger partial charge < -0.3 is 9.47 Å². The summed E-state index contributed by atoms with van der Waals surface area (Å²) in [6.45, 7) is 12.6. The molecule has 0 radical (unpaired) electrons. The second kappa shape index (κ2) is 6.03. The normalized spacial score (nSPS) is 16.9. The SMILES string of the molecule is CC(=O)OC(C)C(OC(C)=O)C(C)C(C)(C)C. The Bertz CT molecular complexity index is 278. The molecule has 3 unspecified atom stereocenters. The van der Waals surface area contributed by atoms with Crippen LogP contribution in [0.15, 0.2) is 0 Å². The van der Waals surface area contributed by atoms with Gasteiger partial charge in [0.1, 0.15) is 12.2 Å². The van der Waals surface area contributed by atoms with Crippen molar-refractivity contribution in [1.82, 2.24) is 0 Å². The molecule has 0 aromatic heterocycles. The number of hydrogen-bond acceptors (Lipinski definition) is 4. The van der Waals surface area contributed by atoms with E-state index >= 15 is 0 Å². The minimum atomic E-state index is -0.439. The van der Waals surface area contributed by atoms with Crippen molar-refractivity contribution in [3.63, 3.8) is 0 Å². The molecule has 0 aliphatic heterocycles. The van der Waals surface area contributed by atoms with Crippen molar-refractivity contribution < 1.29 is 19.1 Å². The number of rotatable bonds is 4. The first-order valence-corrected chi connectivity index (χ1v) is 5.90. The van der Waals surface area contributed by atoms with Crippen molar-refractivity contribution in [3.05, 3.63) is 0 Å². The number of hydrogen-bond donors (Lipinski definition) is 0. The summed E-state index contributed by atoms with van der Waals surface area (Å²) in [4.78, 5) is 22.1. The van der Waals surface area contributed by atoms with Crippen LogP contribution in [0.2, 0.25) is 0 Å². The van der Waals surface area contributed by atoms with E-state index in [4.69, 9.17) is 9.47 Å². The molecular formula is C13H24O4. The average Bonchev–Trinajstić information content (AvgIpc) is 2.09. The number of carbonyl (C=O) groups is 2. The van der Waals surface area contributed by atoms with Crippen LogP contribution in [0, 0.1) is 11.3 Å². The van der Waals surface area contributed by atoms with Gasteiger partial charge in [0.25, 0.3) is 0 Å². The lowest BCUT2D eigenvalue weighted by Gasteiger charge is -2.36. The van der Waals surface area contributed by atoms with Crippen LogP contribution in [0.5, 0.6) is 0 Å². The van der Waals surface area contributed by atoms with Crippen LogP contribution in [0.4, 0.5) is 0 Å². The largest absolute Gasteiger partial charge is 0.459 e. The zero-order valence-corrected chi connectivity index (χ0v) is 11.9. The Morgan fingerprint density at radius 3 is 1.65 bits per heavy atom. The third-order valence-electron chi connectivity index (χ3n) is 2.98. The molecule has 0 spiro atoms. The third kappa shape index (κ3) is 5.71. The molecular weight excluding hydrogens is 220 g/mol. The first kappa shape index (κ1) is 15.9.